The highest BCUT2D eigenvalue weighted by Crippen LogP contribution is 2.67. The van der Waals surface area contributed by atoms with Gasteiger partial charge in [0.2, 0.25) is 0 Å². The molecule has 4 aliphatic carbocycles. The number of hydrogen-bond acceptors (Lipinski definition) is 4. The lowest BCUT2D eigenvalue weighted by Gasteiger charge is -2.60. The molecule has 0 unspecified atom stereocenters. The Morgan fingerprint density at radius 1 is 0.939 bits per heavy atom. The van der Waals surface area contributed by atoms with Crippen LogP contribution in [0.15, 0.2) is 0 Å². The van der Waals surface area contributed by atoms with Crippen molar-refractivity contribution in [2.75, 3.05) is 0 Å². The van der Waals surface area contributed by atoms with Gasteiger partial charge in [-0.25, -0.2) is 0 Å². The number of aliphatic hydroxyl groups is 3. The van der Waals surface area contributed by atoms with E-state index in [0.717, 1.165) is 38.5 Å². The Balaban J connectivity index is 1.54. The first-order chi connectivity index (χ1) is 15.5. The minimum atomic E-state index is -0.689. The maximum atomic E-state index is 13.3. The maximum absolute atomic E-state index is 13.3. The van der Waals surface area contributed by atoms with Crippen LogP contribution in [-0.4, -0.2) is 39.4 Å². The average molecular weight is 463 g/mol. The lowest BCUT2D eigenvalue weighted by atomic mass is 9.44. The number of carbonyl (C=O) groups excluding carboxylic acids is 1. The van der Waals surface area contributed by atoms with Gasteiger partial charge in [-0.05, 0) is 97.2 Å². The van der Waals surface area contributed by atoms with Gasteiger partial charge in [-0.2, -0.15) is 0 Å². The largest absolute Gasteiger partial charge is 0.393 e. The molecule has 0 spiro atoms. The molecule has 3 N–H and O–H groups in total. The van der Waals surface area contributed by atoms with Crippen LogP contribution >= 0.6 is 0 Å². The third-order valence-corrected chi connectivity index (χ3v) is 11.8. The highest BCUT2D eigenvalue weighted by Gasteiger charge is 2.63. The van der Waals surface area contributed by atoms with Gasteiger partial charge < -0.3 is 15.3 Å². The summed E-state index contributed by atoms with van der Waals surface area (Å²) in [6, 6.07) is 0. The summed E-state index contributed by atoms with van der Waals surface area (Å²) in [5.74, 6) is 2.94. The average Bonchev–Trinajstić information content (AvgIpc) is 3.11. The first kappa shape index (κ1) is 25.6. The number of Topliss-reactive ketones (excluding diaryl/α,β-unsaturated/α-hetero) is 1. The summed E-state index contributed by atoms with van der Waals surface area (Å²) in [6.45, 7) is 13.3. The molecule has 4 aliphatic rings. The van der Waals surface area contributed by atoms with Crippen molar-refractivity contribution in [1.82, 2.24) is 0 Å². The number of hydrogen-bond donors (Lipinski definition) is 3. The molecule has 4 heteroatoms. The van der Waals surface area contributed by atoms with Crippen LogP contribution in [0.4, 0.5) is 0 Å². The molecule has 4 rings (SSSR count). The van der Waals surface area contributed by atoms with Crippen LogP contribution in [0, 0.1) is 58.2 Å². The summed E-state index contributed by atoms with van der Waals surface area (Å²) in [4.78, 5) is 13.3. The minimum Gasteiger partial charge on any atom is -0.393 e. The number of ketones is 1. The van der Waals surface area contributed by atoms with E-state index in [2.05, 4.69) is 41.5 Å². The van der Waals surface area contributed by atoms with Crippen LogP contribution in [0.3, 0.4) is 0 Å². The molecular weight excluding hydrogens is 412 g/mol. The zero-order valence-electron chi connectivity index (χ0n) is 22.0. The molecule has 4 nitrogen and oxygen atoms in total. The Labute approximate surface area is 201 Å². The van der Waals surface area contributed by atoms with Crippen molar-refractivity contribution in [3.05, 3.63) is 0 Å². The molecule has 4 saturated carbocycles. The van der Waals surface area contributed by atoms with Crippen molar-refractivity contribution in [3.63, 3.8) is 0 Å². The molecule has 12 atom stereocenters. The SMILES string of the molecule is CC[C@@H](C(C)C)[C@H](O)[C@@H](O)[C@@H](C)[C@H]1CC[C@H]2[C@@H]3CC(=O)[C@H]4C[C@H](O)CC[C@]4(C)[C@H]3CC[C@]12C. The van der Waals surface area contributed by atoms with Crippen molar-refractivity contribution < 1.29 is 20.1 Å². The molecular formula is C29H50O4. The highest BCUT2D eigenvalue weighted by atomic mass is 16.3. The summed E-state index contributed by atoms with van der Waals surface area (Å²) < 4.78 is 0. The molecule has 0 radical (unpaired) electrons. The summed E-state index contributed by atoms with van der Waals surface area (Å²) >= 11 is 0. The van der Waals surface area contributed by atoms with Gasteiger partial charge in [0.15, 0.2) is 0 Å². The Hall–Kier alpha value is -0.450. The topological polar surface area (TPSA) is 77.8 Å². The van der Waals surface area contributed by atoms with Crippen LogP contribution in [-0.2, 0) is 4.79 Å². The van der Waals surface area contributed by atoms with E-state index >= 15 is 0 Å². The van der Waals surface area contributed by atoms with Crippen molar-refractivity contribution in [2.45, 2.75) is 118 Å². The highest BCUT2D eigenvalue weighted by molar-refractivity contribution is 5.83. The van der Waals surface area contributed by atoms with E-state index < -0.39 is 12.2 Å². The lowest BCUT2D eigenvalue weighted by molar-refractivity contribution is -0.161. The smallest absolute Gasteiger partial charge is 0.136 e. The van der Waals surface area contributed by atoms with E-state index in [1.807, 2.05) is 0 Å². The molecule has 0 aromatic heterocycles. The van der Waals surface area contributed by atoms with Crippen molar-refractivity contribution in [3.8, 4) is 0 Å². The summed E-state index contributed by atoms with van der Waals surface area (Å²) in [7, 11) is 0. The molecule has 0 aliphatic heterocycles. The van der Waals surface area contributed by atoms with E-state index in [-0.39, 0.29) is 34.7 Å². The molecule has 0 heterocycles. The third kappa shape index (κ3) is 4.04. The number of carbonyl (C=O) groups is 1. The molecule has 0 aromatic rings. The number of aliphatic hydroxyl groups excluding tert-OH is 3. The van der Waals surface area contributed by atoms with Crippen LogP contribution in [0.5, 0.6) is 0 Å². The van der Waals surface area contributed by atoms with E-state index in [4.69, 9.17) is 0 Å². The van der Waals surface area contributed by atoms with Crippen molar-refractivity contribution in [1.29, 1.82) is 0 Å². The molecule has 0 aromatic carbocycles. The van der Waals surface area contributed by atoms with Crippen LogP contribution < -0.4 is 0 Å². The summed E-state index contributed by atoms with van der Waals surface area (Å²) in [5.41, 5.74) is 0.185. The molecule has 0 saturated heterocycles. The normalized spacial score (nSPS) is 46.8. The van der Waals surface area contributed by atoms with Crippen LogP contribution in [0.25, 0.3) is 0 Å². The molecule has 0 bridgehead atoms. The molecule has 190 valence electrons. The monoisotopic (exact) mass is 462 g/mol. The van der Waals surface area contributed by atoms with Gasteiger partial charge in [0.25, 0.3) is 0 Å². The van der Waals surface area contributed by atoms with E-state index in [0.29, 0.717) is 48.2 Å². The lowest BCUT2D eigenvalue weighted by Crippen LogP contribution is -2.57. The fraction of sp³-hybridized carbons (Fsp3) is 0.966. The standard InChI is InChI=1S/C29H50O4/c1-7-19(16(2)3)27(33)26(32)17(4)21-8-9-22-20-15-25(31)24-14-18(30)10-12-29(24,6)23(20)11-13-28(21,22)5/h16-24,26-27,30,32-33H,7-15H2,1-6H3/t17-,18+,19-,20-,21+,22-,23-,24+,26-,27-,28+,29+/m0/s1. The third-order valence-electron chi connectivity index (χ3n) is 11.8. The van der Waals surface area contributed by atoms with E-state index in [1.165, 1.54) is 6.42 Å². The Morgan fingerprint density at radius 2 is 1.58 bits per heavy atom. The fourth-order valence-electron chi connectivity index (χ4n) is 9.83. The van der Waals surface area contributed by atoms with Gasteiger partial charge in [0.1, 0.15) is 5.78 Å². The zero-order chi connectivity index (χ0) is 24.3. The minimum absolute atomic E-state index is 0.0435. The van der Waals surface area contributed by atoms with E-state index in [1.54, 1.807) is 0 Å². The second-order valence-corrected chi connectivity index (χ2v) is 13.4. The fourth-order valence-corrected chi connectivity index (χ4v) is 9.83. The molecule has 33 heavy (non-hydrogen) atoms. The predicted octanol–water partition coefficient (Wildman–Crippen LogP) is 5.23. The summed E-state index contributed by atoms with van der Waals surface area (Å²) in [6.07, 6.45) is 6.96. The maximum Gasteiger partial charge on any atom is 0.136 e. The Bertz CT molecular complexity index is 720. The Morgan fingerprint density at radius 3 is 2.21 bits per heavy atom. The van der Waals surface area contributed by atoms with Gasteiger partial charge >= 0.3 is 0 Å². The Kier molecular flexibility index (Phi) is 7.15. The van der Waals surface area contributed by atoms with E-state index in [9.17, 15) is 20.1 Å². The zero-order valence-corrected chi connectivity index (χ0v) is 22.0. The second kappa shape index (κ2) is 9.21. The predicted molar refractivity (Wildman–Crippen MR) is 131 cm³/mol. The van der Waals surface area contributed by atoms with Crippen LogP contribution in [0.1, 0.15) is 99.3 Å². The van der Waals surface area contributed by atoms with Gasteiger partial charge in [0.05, 0.1) is 18.3 Å². The van der Waals surface area contributed by atoms with Crippen molar-refractivity contribution in [2.24, 2.45) is 58.2 Å². The number of rotatable bonds is 6. The number of fused-ring (bicyclic) bond motifs is 5. The van der Waals surface area contributed by atoms with Crippen molar-refractivity contribution >= 4 is 5.78 Å². The van der Waals surface area contributed by atoms with Gasteiger partial charge in [-0.1, -0.05) is 48.0 Å². The summed E-state index contributed by atoms with van der Waals surface area (Å²) in [5, 5.41) is 32.6. The first-order valence-corrected chi connectivity index (χ1v) is 14.0. The molecule has 0 amide bonds. The first-order valence-electron chi connectivity index (χ1n) is 14.0. The van der Waals surface area contributed by atoms with Gasteiger partial charge in [0, 0.05) is 12.3 Å². The quantitative estimate of drug-likeness (QED) is 0.505. The van der Waals surface area contributed by atoms with Gasteiger partial charge in [-0.3, -0.25) is 4.79 Å². The second-order valence-electron chi connectivity index (χ2n) is 13.4. The van der Waals surface area contributed by atoms with Crippen LogP contribution in [0.2, 0.25) is 0 Å². The molecule has 4 fully saturated rings. The van der Waals surface area contributed by atoms with Gasteiger partial charge in [-0.15, -0.1) is 0 Å².